The fourth-order valence-corrected chi connectivity index (χ4v) is 1.95. The first-order valence-electron chi connectivity index (χ1n) is 6.80. The Balaban J connectivity index is 2.09. The first-order valence-corrected chi connectivity index (χ1v) is 6.80. The summed E-state index contributed by atoms with van der Waals surface area (Å²) in [5.41, 5.74) is 1.75. The van der Waals surface area contributed by atoms with Gasteiger partial charge in [-0.05, 0) is 24.6 Å². The summed E-state index contributed by atoms with van der Waals surface area (Å²) < 4.78 is 4.98. The molecule has 0 saturated heterocycles. The van der Waals surface area contributed by atoms with Gasteiger partial charge in [0, 0.05) is 0 Å². The molecule has 0 aliphatic carbocycles. The monoisotopic (exact) mass is 283 g/mol. The summed E-state index contributed by atoms with van der Waals surface area (Å²) >= 11 is 0. The van der Waals surface area contributed by atoms with E-state index >= 15 is 0 Å². The van der Waals surface area contributed by atoms with Gasteiger partial charge < -0.3 is 10.1 Å². The minimum Gasteiger partial charge on any atom is -0.462 e. The molecule has 0 aliphatic heterocycles. The number of anilines is 1. The van der Waals surface area contributed by atoms with E-state index in [4.69, 9.17) is 4.74 Å². The lowest BCUT2D eigenvalue weighted by Crippen LogP contribution is -2.17. The zero-order valence-electron chi connectivity index (χ0n) is 11.8. The molecule has 0 atom stereocenters. The number of rotatable bonds is 5. The predicted molar refractivity (Wildman–Crippen MR) is 81.2 cm³/mol. The molecule has 0 unspecified atom stereocenters. The maximum absolute atomic E-state index is 12.1. The third-order valence-corrected chi connectivity index (χ3v) is 2.90. The van der Waals surface area contributed by atoms with Crippen LogP contribution in [0, 0.1) is 0 Å². The van der Waals surface area contributed by atoms with Crippen molar-refractivity contribution in [2.45, 2.75) is 13.3 Å². The second-order valence-corrected chi connectivity index (χ2v) is 4.48. The number of amides is 1. The molecular formula is C17H17NO3. The molecule has 4 heteroatoms. The molecule has 0 saturated carbocycles. The van der Waals surface area contributed by atoms with Crippen molar-refractivity contribution in [3.63, 3.8) is 0 Å². The van der Waals surface area contributed by atoms with Crippen molar-refractivity contribution in [2.24, 2.45) is 0 Å². The highest BCUT2D eigenvalue weighted by Gasteiger charge is 2.13. The molecule has 0 heterocycles. The van der Waals surface area contributed by atoms with Crippen molar-refractivity contribution in [1.29, 1.82) is 0 Å². The predicted octanol–water partition coefficient (Wildman–Crippen LogP) is 3.04. The van der Waals surface area contributed by atoms with E-state index in [-0.39, 0.29) is 12.3 Å². The van der Waals surface area contributed by atoms with Crippen LogP contribution in [0.3, 0.4) is 0 Å². The van der Waals surface area contributed by atoms with E-state index < -0.39 is 5.97 Å². The quantitative estimate of drug-likeness (QED) is 0.858. The fraction of sp³-hybridized carbons (Fsp3) is 0.176. The second kappa shape index (κ2) is 7.24. The average Bonchev–Trinajstić information content (AvgIpc) is 2.49. The molecule has 4 nitrogen and oxygen atoms in total. The number of nitrogens with one attached hydrogen (secondary N) is 1. The number of para-hydroxylation sites is 1. The lowest BCUT2D eigenvalue weighted by atomic mass is 10.1. The summed E-state index contributed by atoms with van der Waals surface area (Å²) in [7, 11) is 0. The van der Waals surface area contributed by atoms with Crippen LogP contribution < -0.4 is 5.32 Å². The van der Waals surface area contributed by atoms with Gasteiger partial charge in [-0.3, -0.25) is 4.79 Å². The van der Waals surface area contributed by atoms with Crippen LogP contribution in [0.1, 0.15) is 22.8 Å². The Morgan fingerprint density at radius 2 is 1.67 bits per heavy atom. The molecule has 0 aromatic heterocycles. The molecule has 0 radical (unpaired) electrons. The third-order valence-electron chi connectivity index (χ3n) is 2.90. The highest BCUT2D eigenvalue weighted by molar-refractivity contribution is 6.01. The summed E-state index contributed by atoms with van der Waals surface area (Å²) in [5.74, 6) is -0.606. The Bertz CT molecular complexity index is 623. The number of carbonyl (C=O) groups is 2. The van der Waals surface area contributed by atoms with E-state index in [1.54, 1.807) is 31.2 Å². The standard InChI is InChI=1S/C17H17NO3/c1-2-21-17(20)14-10-6-7-11-15(14)18-16(19)12-13-8-4-3-5-9-13/h3-11H,2,12H2,1H3,(H,18,19). The van der Waals surface area contributed by atoms with E-state index in [2.05, 4.69) is 5.32 Å². The molecule has 108 valence electrons. The first kappa shape index (κ1) is 14.8. The maximum Gasteiger partial charge on any atom is 0.340 e. The lowest BCUT2D eigenvalue weighted by Gasteiger charge is -2.10. The van der Waals surface area contributed by atoms with Crippen molar-refractivity contribution < 1.29 is 14.3 Å². The van der Waals surface area contributed by atoms with Crippen LogP contribution in [0.5, 0.6) is 0 Å². The van der Waals surface area contributed by atoms with Gasteiger partial charge in [-0.15, -0.1) is 0 Å². The van der Waals surface area contributed by atoms with Crippen molar-refractivity contribution in [3.8, 4) is 0 Å². The van der Waals surface area contributed by atoms with Gasteiger partial charge in [0.2, 0.25) is 5.91 Å². The highest BCUT2D eigenvalue weighted by Crippen LogP contribution is 2.16. The number of ether oxygens (including phenoxy) is 1. The Hall–Kier alpha value is -2.62. The summed E-state index contributed by atoms with van der Waals surface area (Å²) in [5, 5.41) is 2.76. The molecular weight excluding hydrogens is 266 g/mol. The normalized spacial score (nSPS) is 9.95. The molecule has 0 spiro atoms. The molecule has 1 N–H and O–H groups in total. The molecule has 0 fully saturated rings. The number of esters is 1. The number of benzene rings is 2. The Morgan fingerprint density at radius 3 is 2.38 bits per heavy atom. The van der Waals surface area contributed by atoms with Crippen molar-refractivity contribution in [1.82, 2.24) is 0 Å². The van der Waals surface area contributed by atoms with Crippen molar-refractivity contribution >= 4 is 17.6 Å². The molecule has 21 heavy (non-hydrogen) atoms. The van der Waals surface area contributed by atoms with Gasteiger partial charge in [0.1, 0.15) is 0 Å². The third kappa shape index (κ3) is 4.18. The van der Waals surface area contributed by atoms with E-state index in [1.807, 2.05) is 30.3 Å². The Morgan fingerprint density at radius 1 is 1.00 bits per heavy atom. The van der Waals surface area contributed by atoms with Gasteiger partial charge in [0.25, 0.3) is 0 Å². The van der Waals surface area contributed by atoms with Crippen molar-refractivity contribution in [2.75, 3.05) is 11.9 Å². The van der Waals surface area contributed by atoms with Gasteiger partial charge in [-0.2, -0.15) is 0 Å². The number of carbonyl (C=O) groups excluding carboxylic acids is 2. The summed E-state index contributed by atoms with van der Waals surface area (Å²) in [6, 6.07) is 16.3. The minimum atomic E-state index is -0.437. The van der Waals surface area contributed by atoms with Crippen LogP contribution in [-0.4, -0.2) is 18.5 Å². The van der Waals surface area contributed by atoms with Crippen LogP contribution in [0.25, 0.3) is 0 Å². The first-order chi connectivity index (χ1) is 10.2. The SMILES string of the molecule is CCOC(=O)c1ccccc1NC(=O)Cc1ccccc1. The lowest BCUT2D eigenvalue weighted by molar-refractivity contribution is -0.115. The number of hydrogen-bond acceptors (Lipinski definition) is 3. The van der Waals surface area contributed by atoms with Gasteiger partial charge in [-0.1, -0.05) is 42.5 Å². The Kier molecular flexibility index (Phi) is 5.10. The summed E-state index contributed by atoms with van der Waals surface area (Å²) in [6.45, 7) is 2.04. The minimum absolute atomic E-state index is 0.169. The van der Waals surface area contributed by atoms with Crippen LogP contribution in [0.2, 0.25) is 0 Å². The Labute approximate surface area is 123 Å². The fourth-order valence-electron chi connectivity index (χ4n) is 1.95. The van der Waals surface area contributed by atoms with E-state index in [9.17, 15) is 9.59 Å². The van der Waals surface area contributed by atoms with Crippen molar-refractivity contribution in [3.05, 3.63) is 65.7 Å². The van der Waals surface area contributed by atoms with E-state index in [0.717, 1.165) is 5.56 Å². The molecule has 1 amide bonds. The van der Waals surface area contributed by atoms with Crippen LogP contribution in [0.4, 0.5) is 5.69 Å². The molecule has 0 bridgehead atoms. The molecule has 2 aromatic carbocycles. The van der Waals surface area contributed by atoms with Crippen LogP contribution >= 0.6 is 0 Å². The van der Waals surface area contributed by atoms with Gasteiger partial charge in [0.05, 0.1) is 24.3 Å². The molecule has 2 rings (SSSR count). The zero-order valence-corrected chi connectivity index (χ0v) is 11.8. The van der Waals surface area contributed by atoms with Gasteiger partial charge in [-0.25, -0.2) is 4.79 Å². The van der Waals surface area contributed by atoms with E-state index in [1.165, 1.54) is 0 Å². The van der Waals surface area contributed by atoms with Gasteiger partial charge in [0.15, 0.2) is 0 Å². The smallest absolute Gasteiger partial charge is 0.340 e. The average molecular weight is 283 g/mol. The summed E-state index contributed by atoms with van der Waals surface area (Å²) in [6.07, 6.45) is 0.262. The zero-order chi connectivity index (χ0) is 15.1. The highest BCUT2D eigenvalue weighted by atomic mass is 16.5. The van der Waals surface area contributed by atoms with E-state index in [0.29, 0.717) is 17.9 Å². The number of hydrogen-bond donors (Lipinski definition) is 1. The molecule has 0 aliphatic rings. The molecule has 2 aromatic rings. The topological polar surface area (TPSA) is 55.4 Å². The second-order valence-electron chi connectivity index (χ2n) is 4.48. The van der Waals surface area contributed by atoms with Crippen LogP contribution in [-0.2, 0) is 16.0 Å². The van der Waals surface area contributed by atoms with Crippen LogP contribution in [0.15, 0.2) is 54.6 Å². The van der Waals surface area contributed by atoms with Gasteiger partial charge >= 0.3 is 5.97 Å². The maximum atomic E-state index is 12.1. The largest absolute Gasteiger partial charge is 0.462 e. The summed E-state index contributed by atoms with van der Waals surface area (Å²) in [4.78, 5) is 23.9.